The summed E-state index contributed by atoms with van der Waals surface area (Å²) in [5.74, 6) is 4.27. The summed E-state index contributed by atoms with van der Waals surface area (Å²) in [6.07, 6.45) is 2.34. The molecule has 8 heteroatoms. The van der Waals surface area contributed by atoms with Gasteiger partial charge >= 0.3 is 0 Å². The lowest BCUT2D eigenvalue weighted by atomic mass is 9.97. The molecule has 0 bridgehead atoms. The lowest BCUT2D eigenvalue weighted by molar-refractivity contribution is 0.163. The minimum Gasteiger partial charge on any atom is -0.491 e. The molecule has 0 unspecified atom stereocenters. The number of nitrogens with zero attached hydrogens (tertiary/aromatic N) is 4. The van der Waals surface area contributed by atoms with E-state index < -0.39 is 0 Å². The predicted molar refractivity (Wildman–Crippen MR) is 140 cm³/mol. The van der Waals surface area contributed by atoms with Crippen molar-refractivity contribution >= 4 is 29.9 Å². The smallest absolute Gasteiger partial charge is 0.208 e. The Hall–Kier alpha value is -1.81. The van der Waals surface area contributed by atoms with Crippen LogP contribution in [0.3, 0.4) is 0 Å². The van der Waals surface area contributed by atoms with E-state index >= 15 is 0 Å². The monoisotopic (exact) mass is 555 g/mol. The number of aryl methyl sites for hydroxylation is 3. The minimum absolute atomic E-state index is 0. The number of hydrogen-bond donors (Lipinski definition) is 1. The molecule has 1 aromatic heterocycles. The van der Waals surface area contributed by atoms with E-state index in [1.54, 1.807) is 0 Å². The van der Waals surface area contributed by atoms with Gasteiger partial charge in [-0.25, -0.2) is 4.98 Å². The zero-order valence-corrected chi connectivity index (χ0v) is 22.4. The number of nitrogens with one attached hydrogen (secondary N) is 1. The molecule has 0 atom stereocenters. The Kier molecular flexibility index (Phi) is 10.8. The number of benzene rings is 1. The van der Waals surface area contributed by atoms with Gasteiger partial charge in [0.2, 0.25) is 5.89 Å². The number of aromatic nitrogens is 1. The molecule has 32 heavy (non-hydrogen) atoms. The average molecular weight is 556 g/mol. The molecule has 1 fully saturated rings. The van der Waals surface area contributed by atoms with Crippen LogP contribution >= 0.6 is 24.0 Å². The van der Waals surface area contributed by atoms with Gasteiger partial charge in [-0.1, -0.05) is 18.2 Å². The van der Waals surface area contributed by atoms with Crippen LogP contribution in [0.4, 0.5) is 0 Å². The number of rotatable bonds is 8. The number of ether oxygens (including phenoxy) is 1. The van der Waals surface area contributed by atoms with E-state index in [-0.39, 0.29) is 24.0 Å². The van der Waals surface area contributed by atoms with Crippen molar-refractivity contribution in [2.45, 2.75) is 40.2 Å². The standard InChI is InChI=1S/C24H37N5O2.HI/c1-18-8-6-7-9-22(18)30-15-14-28(5)24(25-4)26-16-21-10-12-29(13-11-21)17-23-27-19(2)20(3)31-23;/h6-9,21H,10-17H2,1-5H3,(H,25,26);1H. The van der Waals surface area contributed by atoms with Gasteiger partial charge in [0.1, 0.15) is 18.1 Å². The van der Waals surface area contributed by atoms with Crippen LogP contribution in [0.25, 0.3) is 0 Å². The van der Waals surface area contributed by atoms with Crippen molar-refractivity contribution in [1.82, 2.24) is 20.1 Å². The molecule has 0 spiro atoms. The van der Waals surface area contributed by atoms with Crippen LogP contribution in [0.2, 0.25) is 0 Å². The topological polar surface area (TPSA) is 66.1 Å². The molecular weight excluding hydrogens is 517 g/mol. The summed E-state index contributed by atoms with van der Waals surface area (Å²) >= 11 is 0. The Morgan fingerprint density at radius 2 is 1.97 bits per heavy atom. The zero-order chi connectivity index (χ0) is 22.2. The Bertz CT molecular complexity index is 842. The molecule has 1 aromatic carbocycles. The zero-order valence-electron chi connectivity index (χ0n) is 20.1. The first-order chi connectivity index (χ1) is 15.0. The maximum absolute atomic E-state index is 5.92. The molecule has 0 amide bonds. The first kappa shape index (κ1) is 26.4. The number of aliphatic imine (C=N–C) groups is 1. The van der Waals surface area contributed by atoms with Crippen LogP contribution < -0.4 is 10.1 Å². The number of guanidine groups is 1. The summed E-state index contributed by atoms with van der Waals surface area (Å²) < 4.78 is 11.7. The summed E-state index contributed by atoms with van der Waals surface area (Å²) in [5.41, 5.74) is 2.15. The summed E-state index contributed by atoms with van der Waals surface area (Å²) in [4.78, 5) is 13.5. The van der Waals surface area contributed by atoms with E-state index in [2.05, 4.69) is 45.1 Å². The highest BCUT2D eigenvalue weighted by atomic mass is 127. The maximum atomic E-state index is 5.92. The van der Waals surface area contributed by atoms with Gasteiger partial charge in [-0.3, -0.25) is 9.89 Å². The van der Waals surface area contributed by atoms with Crippen molar-refractivity contribution in [3.05, 3.63) is 47.2 Å². The molecule has 1 aliphatic heterocycles. The second kappa shape index (κ2) is 13.0. The van der Waals surface area contributed by atoms with Gasteiger partial charge in [0.15, 0.2) is 5.96 Å². The van der Waals surface area contributed by atoms with Gasteiger partial charge in [-0.05, 0) is 64.3 Å². The average Bonchev–Trinajstić information content (AvgIpc) is 3.07. The molecule has 2 heterocycles. The molecular formula is C24H38IN5O2. The van der Waals surface area contributed by atoms with Crippen LogP contribution in [0.5, 0.6) is 5.75 Å². The Morgan fingerprint density at radius 3 is 2.59 bits per heavy atom. The highest BCUT2D eigenvalue weighted by Gasteiger charge is 2.21. The summed E-state index contributed by atoms with van der Waals surface area (Å²) in [5, 5.41) is 3.55. The number of likely N-dealkylation sites (N-methyl/N-ethyl adjacent to an activating group) is 1. The van der Waals surface area contributed by atoms with E-state index in [1.807, 2.05) is 39.1 Å². The fourth-order valence-electron chi connectivity index (χ4n) is 3.88. The number of para-hydroxylation sites is 1. The third-order valence-electron chi connectivity index (χ3n) is 6.04. The Labute approximate surface area is 209 Å². The molecule has 3 rings (SSSR count). The van der Waals surface area contributed by atoms with Gasteiger partial charge in [0.25, 0.3) is 0 Å². The number of likely N-dealkylation sites (tertiary alicyclic amines) is 1. The normalized spacial score (nSPS) is 15.3. The van der Waals surface area contributed by atoms with Crippen molar-refractivity contribution in [1.29, 1.82) is 0 Å². The first-order valence-electron chi connectivity index (χ1n) is 11.2. The second-order valence-electron chi connectivity index (χ2n) is 8.43. The summed E-state index contributed by atoms with van der Waals surface area (Å²) in [7, 11) is 3.89. The first-order valence-corrected chi connectivity index (χ1v) is 11.2. The van der Waals surface area contributed by atoms with Crippen LogP contribution in [-0.4, -0.2) is 67.6 Å². The number of hydrogen-bond acceptors (Lipinski definition) is 5. The van der Waals surface area contributed by atoms with Crippen molar-refractivity contribution in [3.63, 3.8) is 0 Å². The SMILES string of the molecule is CN=C(NCC1CCN(Cc2nc(C)c(C)o2)CC1)N(C)CCOc1ccccc1C.I. The lowest BCUT2D eigenvalue weighted by Crippen LogP contribution is -2.44. The van der Waals surface area contributed by atoms with Crippen molar-refractivity contribution in [3.8, 4) is 5.75 Å². The molecule has 0 aliphatic carbocycles. The molecule has 178 valence electrons. The van der Waals surface area contributed by atoms with E-state index in [0.717, 1.165) is 67.3 Å². The van der Waals surface area contributed by atoms with Crippen LogP contribution in [0, 0.1) is 26.7 Å². The Morgan fingerprint density at radius 1 is 1.25 bits per heavy atom. The summed E-state index contributed by atoms with van der Waals surface area (Å²) in [6, 6.07) is 8.11. The van der Waals surface area contributed by atoms with Crippen LogP contribution in [-0.2, 0) is 6.54 Å². The fourth-order valence-corrected chi connectivity index (χ4v) is 3.88. The van der Waals surface area contributed by atoms with Gasteiger partial charge in [-0.15, -0.1) is 24.0 Å². The third kappa shape index (κ3) is 7.65. The second-order valence-corrected chi connectivity index (χ2v) is 8.43. The van der Waals surface area contributed by atoms with E-state index in [0.29, 0.717) is 12.5 Å². The number of oxazole rings is 1. The fraction of sp³-hybridized carbons (Fsp3) is 0.583. The van der Waals surface area contributed by atoms with Gasteiger partial charge in [-0.2, -0.15) is 0 Å². The molecule has 0 saturated carbocycles. The minimum atomic E-state index is 0. The highest BCUT2D eigenvalue weighted by Crippen LogP contribution is 2.19. The molecule has 0 radical (unpaired) electrons. The van der Waals surface area contributed by atoms with E-state index in [1.165, 1.54) is 12.8 Å². The van der Waals surface area contributed by atoms with Crippen LogP contribution in [0.1, 0.15) is 35.7 Å². The third-order valence-corrected chi connectivity index (χ3v) is 6.04. The lowest BCUT2D eigenvalue weighted by Gasteiger charge is -2.32. The van der Waals surface area contributed by atoms with Gasteiger partial charge in [0, 0.05) is 20.6 Å². The highest BCUT2D eigenvalue weighted by molar-refractivity contribution is 14.0. The van der Waals surface area contributed by atoms with Crippen molar-refractivity contribution < 1.29 is 9.15 Å². The summed E-state index contributed by atoms with van der Waals surface area (Å²) in [6.45, 7) is 11.3. The molecule has 2 aromatic rings. The molecule has 7 nitrogen and oxygen atoms in total. The van der Waals surface area contributed by atoms with Crippen molar-refractivity contribution in [2.24, 2.45) is 10.9 Å². The molecule has 1 aliphatic rings. The molecule has 1 N–H and O–H groups in total. The Balaban J connectivity index is 0.00000363. The predicted octanol–water partition coefficient (Wildman–Crippen LogP) is 4.02. The maximum Gasteiger partial charge on any atom is 0.208 e. The largest absolute Gasteiger partial charge is 0.491 e. The number of piperidine rings is 1. The quantitative estimate of drug-likeness (QED) is 0.302. The van der Waals surface area contributed by atoms with Gasteiger partial charge in [0.05, 0.1) is 18.8 Å². The van der Waals surface area contributed by atoms with Crippen molar-refractivity contribution in [2.75, 3.05) is 46.9 Å². The van der Waals surface area contributed by atoms with E-state index in [9.17, 15) is 0 Å². The number of halogens is 1. The van der Waals surface area contributed by atoms with Gasteiger partial charge < -0.3 is 19.4 Å². The van der Waals surface area contributed by atoms with E-state index in [4.69, 9.17) is 9.15 Å². The van der Waals surface area contributed by atoms with Crippen LogP contribution in [0.15, 0.2) is 33.7 Å². The molecule has 1 saturated heterocycles.